The fraction of sp³-hybridized carbons (Fsp3) is 0.368. The van der Waals surface area contributed by atoms with Gasteiger partial charge in [0.25, 0.3) is 0 Å². The van der Waals surface area contributed by atoms with Gasteiger partial charge in [-0.3, -0.25) is 4.79 Å². The Morgan fingerprint density at radius 1 is 1.20 bits per heavy atom. The number of pyridine rings is 1. The average molecular weight is 344 g/mol. The Morgan fingerprint density at radius 3 is 2.44 bits per heavy atom. The molecule has 1 fully saturated rings. The number of carboxylic acid groups (broad SMARTS) is 1. The predicted molar refractivity (Wildman–Crippen MR) is 93.3 cm³/mol. The van der Waals surface area contributed by atoms with Crippen LogP contribution in [0.4, 0.5) is 4.39 Å². The number of piperidine rings is 1. The molecule has 2 aromatic rings. The van der Waals surface area contributed by atoms with Crippen LogP contribution in [0.2, 0.25) is 0 Å². The second-order valence-corrected chi connectivity index (χ2v) is 6.67. The fourth-order valence-electron chi connectivity index (χ4n) is 3.27. The van der Waals surface area contributed by atoms with Crippen LogP contribution < -0.4 is 5.43 Å². The maximum atomic E-state index is 13.1. The van der Waals surface area contributed by atoms with Crippen LogP contribution in [0.15, 0.2) is 41.5 Å². The standard InChI is InChI=1S/C19H21FN2O3/c1-21-8-6-13(7-9-21)10-22-11-16(14-2-4-15(20)5-3-14)18(23)17(12-22)19(24)25/h2-5,11-13H,6-10H2,1H3,(H,24,25). The van der Waals surface area contributed by atoms with E-state index in [1.54, 1.807) is 10.8 Å². The van der Waals surface area contributed by atoms with E-state index in [-0.39, 0.29) is 11.1 Å². The maximum Gasteiger partial charge on any atom is 0.341 e. The Balaban J connectivity index is 1.97. The lowest BCUT2D eigenvalue weighted by Crippen LogP contribution is -2.32. The van der Waals surface area contributed by atoms with Crippen molar-refractivity contribution in [2.24, 2.45) is 5.92 Å². The van der Waals surface area contributed by atoms with E-state index in [0.29, 0.717) is 18.0 Å². The fourth-order valence-corrected chi connectivity index (χ4v) is 3.27. The number of rotatable bonds is 4. The number of hydrogen-bond acceptors (Lipinski definition) is 3. The third kappa shape index (κ3) is 3.96. The SMILES string of the molecule is CN1CCC(Cn2cc(C(=O)O)c(=O)c(-c3ccc(F)cc3)c2)CC1. The van der Waals surface area contributed by atoms with Gasteiger partial charge >= 0.3 is 5.97 Å². The maximum absolute atomic E-state index is 13.1. The van der Waals surface area contributed by atoms with Crippen molar-refractivity contribution in [2.45, 2.75) is 19.4 Å². The molecule has 25 heavy (non-hydrogen) atoms. The summed E-state index contributed by atoms with van der Waals surface area (Å²) in [5.41, 5.74) is 0.00735. The summed E-state index contributed by atoms with van der Waals surface area (Å²) in [6.07, 6.45) is 5.17. The minimum absolute atomic E-state index is 0.255. The number of benzene rings is 1. The summed E-state index contributed by atoms with van der Waals surface area (Å²) in [7, 11) is 2.09. The molecule has 5 nitrogen and oxygen atoms in total. The number of likely N-dealkylation sites (tertiary alicyclic amines) is 1. The molecular formula is C19H21FN2O3. The van der Waals surface area contributed by atoms with Crippen LogP contribution in [0.1, 0.15) is 23.2 Å². The molecule has 0 aliphatic carbocycles. The van der Waals surface area contributed by atoms with Crippen LogP contribution in [-0.4, -0.2) is 40.7 Å². The quantitative estimate of drug-likeness (QED) is 0.926. The number of carboxylic acids is 1. The van der Waals surface area contributed by atoms with Crippen LogP contribution >= 0.6 is 0 Å². The minimum atomic E-state index is -1.24. The third-order valence-electron chi connectivity index (χ3n) is 4.77. The van der Waals surface area contributed by atoms with E-state index < -0.39 is 17.2 Å². The zero-order chi connectivity index (χ0) is 18.0. The molecule has 0 amide bonds. The number of carbonyl (C=O) groups is 1. The van der Waals surface area contributed by atoms with Gasteiger partial charge in [0.1, 0.15) is 11.4 Å². The summed E-state index contributed by atoms with van der Waals surface area (Å²) >= 11 is 0. The summed E-state index contributed by atoms with van der Waals surface area (Å²) in [5.74, 6) is -1.20. The summed E-state index contributed by atoms with van der Waals surface area (Å²) in [4.78, 5) is 26.2. The first-order chi connectivity index (χ1) is 11.9. The highest BCUT2D eigenvalue weighted by Crippen LogP contribution is 2.21. The van der Waals surface area contributed by atoms with E-state index in [9.17, 15) is 19.1 Å². The molecule has 0 bridgehead atoms. The first-order valence-electron chi connectivity index (χ1n) is 8.36. The number of aromatic carboxylic acids is 1. The van der Waals surface area contributed by atoms with Crippen molar-refractivity contribution < 1.29 is 14.3 Å². The van der Waals surface area contributed by atoms with Crippen molar-refractivity contribution in [3.8, 4) is 11.1 Å². The molecule has 0 atom stereocenters. The molecule has 6 heteroatoms. The first-order valence-corrected chi connectivity index (χ1v) is 8.36. The smallest absolute Gasteiger partial charge is 0.341 e. The number of nitrogens with zero attached hydrogens (tertiary/aromatic N) is 2. The predicted octanol–water partition coefficient (Wildman–Crippen LogP) is 2.69. The highest BCUT2D eigenvalue weighted by Gasteiger charge is 2.19. The molecule has 2 heterocycles. The van der Waals surface area contributed by atoms with E-state index in [0.717, 1.165) is 25.9 Å². The lowest BCUT2D eigenvalue weighted by molar-refractivity contribution is 0.0694. The van der Waals surface area contributed by atoms with Gasteiger partial charge in [0, 0.05) is 24.5 Å². The third-order valence-corrected chi connectivity index (χ3v) is 4.77. The zero-order valence-electron chi connectivity index (χ0n) is 14.1. The van der Waals surface area contributed by atoms with Crippen LogP contribution in [0.25, 0.3) is 11.1 Å². The summed E-state index contributed by atoms with van der Waals surface area (Å²) in [5, 5.41) is 9.37. The van der Waals surface area contributed by atoms with Gasteiger partial charge in [0.05, 0.1) is 0 Å². The molecule has 0 radical (unpaired) electrons. The van der Waals surface area contributed by atoms with E-state index in [4.69, 9.17) is 0 Å². The Bertz CT molecular complexity index is 822. The number of aromatic nitrogens is 1. The summed E-state index contributed by atoms with van der Waals surface area (Å²) in [6, 6.07) is 5.53. The number of hydrogen-bond donors (Lipinski definition) is 1. The van der Waals surface area contributed by atoms with Gasteiger partial charge in [0.15, 0.2) is 0 Å². The van der Waals surface area contributed by atoms with Crippen molar-refractivity contribution in [3.63, 3.8) is 0 Å². The van der Waals surface area contributed by atoms with Gasteiger partial charge in [-0.25, -0.2) is 9.18 Å². The molecule has 3 rings (SSSR count). The van der Waals surface area contributed by atoms with Crippen molar-refractivity contribution in [1.29, 1.82) is 0 Å². The Hall–Kier alpha value is -2.47. The van der Waals surface area contributed by atoms with Crippen LogP contribution in [0.3, 0.4) is 0 Å². The van der Waals surface area contributed by atoms with Crippen molar-refractivity contribution in [2.75, 3.05) is 20.1 Å². The van der Waals surface area contributed by atoms with Gasteiger partial charge < -0.3 is 14.6 Å². The monoisotopic (exact) mass is 344 g/mol. The first kappa shape index (κ1) is 17.4. The lowest BCUT2D eigenvalue weighted by Gasteiger charge is -2.29. The normalized spacial score (nSPS) is 16.1. The van der Waals surface area contributed by atoms with Gasteiger partial charge in [-0.2, -0.15) is 0 Å². The van der Waals surface area contributed by atoms with Crippen molar-refractivity contribution in [1.82, 2.24) is 9.47 Å². The van der Waals surface area contributed by atoms with E-state index >= 15 is 0 Å². The minimum Gasteiger partial charge on any atom is -0.477 e. The molecule has 1 aliphatic rings. The Labute approximate surface area is 145 Å². The Kier molecular flexibility index (Phi) is 4.99. The lowest BCUT2D eigenvalue weighted by atomic mass is 9.96. The van der Waals surface area contributed by atoms with E-state index in [1.165, 1.54) is 30.5 Å². The van der Waals surface area contributed by atoms with Crippen LogP contribution in [0.5, 0.6) is 0 Å². The van der Waals surface area contributed by atoms with Crippen LogP contribution in [0, 0.1) is 11.7 Å². The highest BCUT2D eigenvalue weighted by molar-refractivity contribution is 5.88. The molecule has 0 unspecified atom stereocenters. The molecule has 1 aliphatic heterocycles. The number of halogens is 1. The topological polar surface area (TPSA) is 62.5 Å². The molecule has 0 spiro atoms. The largest absolute Gasteiger partial charge is 0.477 e. The molecule has 1 aromatic carbocycles. The second kappa shape index (κ2) is 7.19. The summed E-state index contributed by atoms with van der Waals surface area (Å²) < 4.78 is 14.9. The molecule has 0 saturated carbocycles. The van der Waals surface area contributed by atoms with Crippen LogP contribution in [-0.2, 0) is 6.54 Å². The molecule has 132 valence electrons. The summed E-state index contributed by atoms with van der Waals surface area (Å²) in [6.45, 7) is 2.70. The molecular weight excluding hydrogens is 323 g/mol. The van der Waals surface area contributed by atoms with Crippen molar-refractivity contribution in [3.05, 3.63) is 58.3 Å². The van der Waals surface area contributed by atoms with Crippen molar-refractivity contribution >= 4 is 5.97 Å². The molecule has 1 aromatic heterocycles. The van der Waals surface area contributed by atoms with E-state index in [1.807, 2.05) is 0 Å². The van der Waals surface area contributed by atoms with Gasteiger partial charge in [-0.1, -0.05) is 12.1 Å². The van der Waals surface area contributed by atoms with Gasteiger partial charge in [-0.15, -0.1) is 0 Å². The van der Waals surface area contributed by atoms with Gasteiger partial charge in [-0.05, 0) is 56.6 Å². The molecule has 1 saturated heterocycles. The average Bonchev–Trinajstić information content (AvgIpc) is 2.59. The molecule has 1 N–H and O–H groups in total. The highest BCUT2D eigenvalue weighted by atomic mass is 19.1. The second-order valence-electron chi connectivity index (χ2n) is 6.67. The van der Waals surface area contributed by atoms with Gasteiger partial charge in [0.2, 0.25) is 5.43 Å². The van der Waals surface area contributed by atoms with E-state index in [2.05, 4.69) is 11.9 Å². The Morgan fingerprint density at radius 2 is 1.84 bits per heavy atom. The zero-order valence-corrected chi connectivity index (χ0v) is 14.1.